The number of carbonyl (C=O) groups is 2. The Labute approximate surface area is 175 Å². The van der Waals surface area contributed by atoms with E-state index < -0.39 is 0 Å². The van der Waals surface area contributed by atoms with E-state index in [0.29, 0.717) is 22.7 Å². The fourth-order valence-electron chi connectivity index (χ4n) is 3.01. The van der Waals surface area contributed by atoms with Crippen LogP contribution in [0.5, 0.6) is 11.5 Å². The van der Waals surface area contributed by atoms with Crippen LogP contribution in [0.1, 0.15) is 21.5 Å². The van der Waals surface area contributed by atoms with Gasteiger partial charge < -0.3 is 20.1 Å². The van der Waals surface area contributed by atoms with Gasteiger partial charge in [-0.2, -0.15) is 0 Å². The van der Waals surface area contributed by atoms with Crippen molar-refractivity contribution < 1.29 is 19.1 Å². The minimum absolute atomic E-state index is 0.181. The molecule has 0 unspecified atom stereocenters. The predicted octanol–water partition coefficient (Wildman–Crippen LogP) is 4.58. The van der Waals surface area contributed by atoms with E-state index in [9.17, 15) is 9.59 Å². The number of amides is 2. The number of carbonyl (C=O) groups excluding carboxylic acids is 2. The van der Waals surface area contributed by atoms with Crippen LogP contribution >= 0.6 is 0 Å². The first-order chi connectivity index (χ1) is 14.5. The highest BCUT2D eigenvalue weighted by Crippen LogP contribution is 2.25. The summed E-state index contributed by atoms with van der Waals surface area (Å²) in [6.07, 6.45) is 0. The lowest BCUT2D eigenvalue weighted by Crippen LogP contribution is -2.21. The lowest BCUT2D eigenvalue weighted by molar-refractivity contribution is -0.118. The third kappa shape index (κ3) is 5.17. The van der Waals surface area contributed by atoms with Crippen LogP contribution in [0.25, 0.3) is 0 Å². The molecule has 3 aromatic carbocycles. The zero-order valence-corrected chi connectivity index (χ0v) is 17.2. The van der Waals surface area contributed by atoms with Gasteiger partial charge in [-0.25, -0.2) is 0 Å². The van der Waals surface area contributed by atoms with E-state index >= 15 is 0 Å². The number of ether oxygens (including phenoxy) is 2. The van der Waals surface area contributed by atoms with Crippen molar-refractivity contribution in [1.29, 1.82) is 0 Å². The molecule has 0 aliphatic heterocycles. The first-order valence-electron chi connectivity index (χ1n) is 9.51. The van der Waals surface area contributed by atoms with Crippen molar-refractivity contribution in [3.05, 3.63) is 83.4 Å². The third-order valence-electron chi connectivity index (χ3n) is 4.56. The van der Waals surface area contributed by atoms with E-state index in [4.69, 9.17) is 9.47 Å². The highest BCUT2D eigenvalue weighted by atomic mass is 16.5. The Morgan fingerprint density at radius 2 is 1.50 bits per heavy atom. The molecule has 2 amide bonds. The van der Waals surface area contributed by atoms with Gasteiger partial charge in [-0.1, -0.05) is 36.4 Å². The van der Waals surface area contributed by atoms with Gasteiger partial charge in [0.05, 0.1) is 7.11 Å². The summed E-state index contributed by atoms with van der Waals surface area (Å²) in [6, 6.07) is 19.7. The van der Waals surface area contributed by atoms with E-state index in [2.05, 4.69) is 10.6 Å². The van der Waals surface area contributed by atoms with Crippen LogP contribution in [0.2, 0.25) is 0 Å². The molecule has 0 aliphatic rings. The van der Waals surface area contributed by atoms with Gasteiger partial charge in [-0.3, -0.25) is 9.59 Å². The average Bonchev–Trinajstić information content (AvgIpc) is 2.75. The molecule has 0 aliphatic carbocycles. The Morgan fingerprint density at radius 3 is 2.20 bits per heavy atom. The van der Waals surface area contributed by atoms with E-state index in [1.165, 1.54) is 7.11 Å². The van der Waals surface area contributed by atoms with Gasteiger partial charge in [0.1, 0.15) is 0 Å². The molecule has 0 bridgehead atoms. The Balaban J connectivity index is 1.63. The SMILES string of the molecule is COc1ccccc1OCC(=O)Nc1cccc(C(=O)Nc2c(C)cccc2C)c1. The number of methoxy groups -OCH3 is 1. The predicted molar refractivity (Wildman–Crippen MR) is 117 cm³/mol. The van der Waals surface area contributed by atoms with E-state index in [0.717, 1.165) is 16.8 Å². The van der Waals surface area contributed by atoms with Crippen molar-refractivity contribution in [2.45, 2.75) is 13.8 Å². The maximum Gasteiger partial charge on any atom is 0.262 e. The number of para-hydroxylation sites is 3. The third-order valence-corrected chi connectivity index (χ3v) is 4.56. The summed E-state index contributed by atoms with van der Waals surface area (Å²) in [5.41, 5.74) is 3.73. The highest BCUT2D eigenvalue weighted by molar-refractivity contribution is 6.06. The van der Waals surface area contributed by atoms with Gasteiger partial charge in [0.25, 0.3) is 11.8 Å². The monoisotopic (exact) mass is 404 g/mol. The first kappa shape index (κ1) is 20.9. The van der Waals surface area contributed by atoms with Crippen LogP contribution in [0.3, 0.4) is 0 Å². The Hall–Kier alpha value is -3.80. The first-order valence-corrected chi connectivity index (χ1v) is 9.51. The normalized spacial score (nSPS) is 10.2. The van der Waals surface area contributed by atoms with Gasteiger partial charge in [-0.05, 0) is 55.3 Å². The molecule has 0 aromatic heterocycles. The minimum Gasteiger partial charge on any atom is -0.493 e. The Bertz CT molecular complexity index is 1040. The lowest BCUT2D eigenvalue weighted by atomic mass is 10.1. The second kappa shape index (κ2) is 9.60. The molecule has 0 fully saturated rings. The summed E-state index contributed by atoms with van der Waals surface area (Å²) < 4.78 is 10.7. The second-order valence-corrected chi connectivity index (χ2v) is 6.79. The lowest BCUT2D eigenvalue weighted by Gasteiger charge is -2.13. The molecular formula is C24H24N2O4. The van der Waals surface area contributed by atoms with E-state index in [1.807, 2.05) is 38.1 Å². The second-order valence-electron chi connectivity index (χ2n) is 6.79. The van der Waals surface area contributed by atoms with Gasteiger partial charge in [0.15, 0.2) is 18.1 Å². The largest absolute Gasteiger partial charge is 0.493 e. The molecule has 154 valence electrons. The summed E-state index contributed by atoms with van der Waals surface area (Å²) in [5.74, 6) is 0.453. The molecule has 0 saturated heterocycles. The van der Waals surface area contributed by atoms with Crippen molar-refractivity contribution in [1.82, 2.24) is 0 Å². The molecule has 6 nitrogen and oxygen atoms in total. The summed E-state index contributed by atoms with van der Waals surface area (Å²) in [5, 5.41) is 5.69. The molecular weight excluding hydrogens is 380 g/mol. The van der Waals surface area contributed by atoms with Crippen LogP contribution < -0.4 is 20.1 Å². The Kier molecular flexibility index (Phi) is 6.70. The van der Waals surface area contributed by atoms with Gasteiger partial charge in [-0.15, -0.1) is 0 Å². The smallest absolute Gasteiger partial charge is 0.262 e. The van der Waals surface area contributed by atoms with Crippen LogP contribution in [0.4, 0.5) is 11.4 Å². The summed E-state index contributed by atoms with van der Waals surface area (Å²) in [6.45, 7) is 3.71. The van der Waals surface area contributed by atoms with Crippen LogP contribution in [-0.2, 0) is 4.79 Å². The topological polar surface area (TPSA) is 76.7 Å². The van der Waals surface area contributed by atoms with Gasteiger partial charge in [0, 0.05) is 16.9 Å². The van der Waals surface area contributed by atoms with E-state index in [1.54, 1.807) is 42.5 Å². The molecule has 0 spiro atoms. The van der Waals surface area contributed by atoms with Crippen LogP contribution in [-0.4, -0.2) is 25.5 Å². The van der Waals surface area contributed by atoms with Crippen molar-refractivity contribution in [2.75, 3.05) is 24.4 Å². The number of benzene rings is 3. The molecule has 30 heavy (non-hydrogen) atoms. The number of nitrogens with one attached hydrogen (secondary N) is 2. The van der Waals surface area contributed by atoms with Crippen molar-refractivity contribution in [2.24, 2.45) is 0 Å². The Morgan fingerprint density at radius 1 is 0.833 bits per heavy atom. The molecule has 6 heteroatoms. The van der Waals surface area contributed by atoms with Crippen molar-refractivity contribution in [3.8, 4) is 11.5 Å². The molecule has 0 atom stereocenters. The maximum atomic E-state index is 12.7. The molecule has 3 aromatic rings. The number of hydrogen-bond acceptors (Lipinski definition) is 4. The minimum atomic E-state index is -0.340. The molecule has 0 heterocycles. The standard InChI is InChI=1S/C24H24N2O4/c1-16-8-6-9-17(2)23(16)26-24(28)18-10-7-11-19(14-18)25-22(27)15-30-21-13-5-4-12-20(21)29-3/h4-14H,15H2,1-3H3,(H,25,27)(H,26,28). The number of aryl methyl sites for hydroxylation is 2. The fourth-order valence-corrected chi connectivity index (χ4v) is 3.01. The number of rotatable bonds is 7. The van der Waals surface area contributed by atoms with Gasteiger partial charge >= 0.3 is 0 Å². The molecule has 0 saturated carbocycles. The highest BCUT2D eigenvalue weighted by Gasteiger charge is 2.12. The zero-order chi connectivity index (χ0) is 21.5. The number of hydrogen-bond donors (Lipinski definition) is 2. The molecule has 2 N–H and O–H groups in total. The quantitative estimate of drug-likeness (QED) is 0.604. The summed E-state index contributed by atoms with van der Waals surface area (Å²) in [7, 11) is 1.54. The van der Waals surface area contributed by atoms with Crippen molar-refractivity contribution >= 4 is 23.2 Å². The summed E-state index contributed by atoms with van der Waals surface area (Å²) in [4.78, 5) is 24.9. The zero-order valence-electron chi connectivity index (χ0n) is 17.2. The van der Waals surface area contributed by atoms with Crippen molar-refractivity contribution in [3.63, 3.8) is 0 Å². The average molecular weight is 404 g/mol. The fraction of sp³-hybridized carbons (Fsp3) is 0.167. The summed E-state index contributed by atoms with van der Waals surface area (Å²) >= 11 is 0. The molecule has 0 radical (unpaired) electrons. The van der Waals surface area contributed by atoms with Crippen LogP contribution in [0, 0.1) is 13.8 Å². The van der Waals surface area contributed by atoms with Gasteiger partial charge in [0.2, 0.25) is 0 Å². The number of anilines is 2. The maximum absolute atomic E-state index is 12.7. The molecule has 3 rings (SSSR count). The van der Waals surface area contributed by atoms with Crippen LogP contribution in [0.15, 0.2) is 66.7 Å². The van der Waals surface area contributed by atoms with E-state index in [-0.39, 0.29) is 18.4 Å².